The second-order valence-electron chi connectivity index (χ2n) is 5.57. The highest BCUT2D eigenvalue weighted by atomic mass is 19.3. The molecule has 0 aromatic heterocycles. The van der Waals surface area contributed by atoms with Crippen molar-refractivity contribution in [3.05, 3.63) is 0 Å². The minimum Gasteiger partial charge on any atom is -0.309 e. The summed E-state index contributed by atoms with van der Waals surface area (Å²) in [5, 5.41) is 3.53. The van der Waals surface area contributed by atoms with Crippen LogP contribution in [0.25, 0.3) is 0 Å². The maximum absolute atomic E-state index is 12.7. The topological polar surface area (TPSA) is 15.3 Å². The Balaban J connectivity index is 2.72. The van der Waals surface area contributed by atoms with Gasteiger partial charge < -0.3 is 5.32 Å². The first-order chi connectivity index (χ1) is 7.91. The first kappa shape index (κ1) is 14.8. The first-order valence-corrected chi connectivity index (χ1v) is 6.69. The zero-order valence-electron chi connectivity index (χ0n) is 11.5. The van der Waals surface area contributed by atoms with Crippen LogP contribution in [0.3, 0.4) is 0 Å². The van der Waals surface area contributed by atoms with Crippen LogP contribution in [0.1, 0.15) is 40.5 Å². The van der Waals surface area contributed by atoms with E-state index in [1.165, 1.54) is 0 Å². The summed E-state index contributed by atoms with van der Waals surface area (Å²) >= 11 is 0. The van der Waals surface area contributed by atoms with Crippen LogP contribution >= 0.6 is 0 Å². The van der Waals surface area contributed by atoms with Crippen molar-refractivity contribution in [2.75, 3.05) is 19.6 Å². The van der Waals surface area contributed by atoms with Crippen LogP contribution in [0.2, 0.25) is 0 Å². The Kier molecular flexibility index (Phi) is 5.32. The number of hydrogen-bond donors (Lipinski definition) is 1. The van der Waals surface area contributed by atoms with E-state index in [0.717, 1.165) is 25.9 Å². The zero-order chi connectivity index (χ0) is 13.1. The van der Waals surface area contributed by atoms with Gasteiger partial charge >= 0.3 is 0 Å². The van der Waals surface area contributed by atoms with Crippen molar-refractivity contribution < 1.29 is 8.78 Å². The van der Waals surface area contributed by atoms with Gasteiger partial charge in [0.2, 0.25) is 0 Å². The smallest absolute Gasteiger partial charge is 0.251 e. The molecular weight excluding hydrogens is 222 g/mol. The summed E-state index contributed by atoms with van der Waals surface area (Å²) < 4.78 is 25.3. The highest BCUT2D eigenvalue weighted by Crippen LogP contribution is 2.24. The van der Waals surface area contributed by atoms with Gasteiger partial charge in [0, 0.05) is 24.7 Å². The molecule has 1 fully saturated rings. The van der Waals surface area contributed by atoms with Gasteiger partial charge in [-0.05, 0) is 19.3 Å². The molecule has 0 aliphatic carbocycles. The summed E-state index contributed by atoms with van der Waals surface area (Å²) in [4.78, 5) is 1.98. The maximum atomic E-state index is 12.7. The third-order valence-electron chi connectivity index (χ3n) is 4.21. The van der Waals surface area contributed by atoms with E-state index in [-0.39, 0.29) is 18.1 Å². The quantitative estimate of drug-likeness (QED) is 0.805. The largest absolute Gasteiger partial charge is 0.309 e. The van der Waals surface area contributed by atoms with Crippen molar-refractivity contribution in [3.8, 4) is 0 Å². The minimum absolute atomic E-state index is 0.0150. The molecule has 2 nitrogen and oxygen atoms in total. The predicted molar refractivity (Wildman–Crippen MR) is 67.5 cm³/mol. The van der Waals surface area contributed by atoms with Crippen LogP contribution in [-0.2, 0) is 0 Å². The van der Waals surface area contributed by atoms with E-state index >= 15 is 0 Å². The SMILES string of the molecule is CCC(C)C1CNC(C)(CC)CN1CC(F)F. The summed E-state index contributed by atoms with van der Waals surface area (Å²) in [7, 11) is 0. The molecule has 3 atom stereocenters. The van der Waals surface area contributed by atoms with Gasteiger partial charge in [0.15, 0.2) is 0 Å². The zero-order valence-corrected chi connectivity index (χ0v) is 11.5. The highest BCUT2D eigenvalue weighted by Gasteiger charge is 2.37. The Morgan fingerprint density at radius 3 is 2.53 bits per heavy atom. The normalized spacial score (nSPS) is 33.0. The molecule has 0 bridgehead atoms. The van der Waals surface area contributed by atoms with Gasteiger partial charge in [0.05, 0.1) is 6.54 Å². The number of hydrogen-bond acceptors (Lipinski definition) is 2. The lowest BCUT2D eigenvalue weighted by Gasteiger charge is -2.47. The fourth-order valence-electron chi connectivity index (χ4n) is 2.55. The number of piperazine rings is 1. The predicted octanol–water partition coefficient (Wildman–Crippen LogP) is 2.74. The Hall–Kier alpha value is -0.220. The molecule has 17 heavy (non-hydrogen) atoms. The van der Waals surface area contributed by atoms with Gasteiger partial charge in [0.1, 0.15) is 0 Å². The van der Waals surface area contributed by atoms with Crippen molar-refractivity contribution in [1.82, 2.24) is 10.2 Å². The molecule has 1 aliphatic rings. The molecule has 1 rings (SSSR count). The van der Waals surface area contributed by atoms with Crippen LogP contribution in [0.5, 0.6) is 0 Å². The second-order valence-corrected chi connectivity index (χ2v) is 5.57. The standard InChI is InChI=1S/C13H26F2N2/c1-5-10(3)11-7-16-13(4,6-2)9-17(11)8-12(14)15/h10-12,16H,5-9H2,1-4H3. The average molecular weight is 248 g/mol. The molecule has 0 spiro atoms. The molecule has 1 aliphatic heterocycles. The molecule has 0 aromatic rings. The Labute approximate surface area is 104 Å². The summed E-state index contributed by atoms with van der Waals surface area (Å²) in [6.07, 6.45) is -0.227. The van der Waals surface area contributed by atoms with Crippen molar-refractivity contribution >= 4 is 0 Å². The van der Waals surface area contributed by atoms with E-state index < -0.39 is 6.43 Å². The number of alkyl halides is 2. The van der Waals surface area contributed by atoms with Gasteiger partial charge in [-0.1, -0.05) is 27.2 Å². The van der Waals surface area contributed by atoms with Crippen molar-refractivity contribution in [3.63, 3.8) is 0 Å². The molecule has 1 heterocycles. The molecule has 4 heteroatoms. The summed E-state index contributed by atoms with van der Waals surface area (Å²) in [5.41, 5.74) is -0.0150. The maximum Gasteiger partial charge on any atom is 0.251 e. The van der Waals surface area contributed by atoms with Crippen LogP contribution in [0, 0.1) is 5.92 Å². The van der Waals surface area contributed by atoms with Crippen LogP contribution < -0.4 is 5.32 Å². The molecule has 0 radical (unpaired) electrons. The lowest BCUT2D eigenvalue weighted by Crippen LogP contribution is -2.64. The molecule has 102 valence electrons. The van der Waals surface area contributed by atoms with Gasteiger partial charge in [-0.3, -0.25) is 4.90 Å². The van der Waals surface area contributed by atoms with Crippen molar-refractivity contribution in [2.24, 2.45) is 5.92 Å². The van der Waals surface area contributed by atoms with E-state index in [2.05, 4.69) is 33.0 Å². The Morgan fingerprint density at radius 1 is 1.41 bits per heavy atom. The molecule has 0 aromatic carbocycles. The van der Waals surface area contributed by atoms with Gasteiger partial charge in [-0.2, -0.15) is 0 Å². The van der Waals surface area contributed by atoms with E-state index in [1.54, 1.807) is 0 Å². The van der Waals surface area contributed by atoms with Crippen LogP contribution in [0.4, 0.5) is 8.78 Å². The lowest BCUT2D eigenvalue weighted by atomic mass is 9.88. The van der Waals surface area contributed by atoms with Gasteiger partial charge in [0.25, 0.3) is 6.43 Å². The monoisotopic (exact) mass is 248 g/mol. The lowest BCUT2D eigenvalue weighted by molar-refractivity contribution is 0.00539. The molecule has 1 N–H and O–H groups in total. The minimum atomic E-state index is -2.24. The Bertz CT molecular complexity index is 235. The van der Waals surface area contributed by atoms with E-state index in [1.807, 2.05) is 4.90 Å². The van der Waals surface area contributed by atoms with Crippen molar-refractivity contribution in [1.29, 1.82) is 0 Å². The molecule has 1 saturated heterocycles. The van der Waals surface area contributed by atoms with E-state index in [9.17, 15) is 8.78 Å². The average Bonchev–Trinajstić information content (AvgIpc) is 2.27. The molecule has 0 saturated carbocycles. The first-order valence-electron chi connectivity index (χ1n) is 6.69. The van der Waals surface area contributed by atoms with Crippen LogP contribution in [-0.4, -0.2) is 42.5 Å². The van der Waals surface area contributed by atoms with Gasteiger partial charge in [-0.25, -0.2) is 8.78 Å². The Morgan fingerprint density at radius 2 is 2.06 bits per heavy atom. The fourth-order valence-corrected chi connectivity index (χ4v) is 2.55. The number of halogens is 2. The van der Waals surface area contributed by atoms with E-state index in [4.69, 9.17) is 0 Å². The summed E-state index contributed by atoms with van der Waals surface area (Å²) in [6.45, 7) is 9.97. The molecule has 0 amide bonds. The second kappa shape index (κ2) is 6.10. The van der Waals surface area contributed by atoms with Crippen LogP contribution in [0.15, 0.2) is 0 Å². The summed E-state index contributed by atoms with van der Waals surface area (Å²) in [5.74, 6) is 0.461. The third-order valence-corrected chi connectivity index (χ3v) is 4.21. The highest BCUT2D eigenvalue weighted by molar-refractivity contribution is 4.95. The van der Waals surface area contributed by atoms with Crippen molar-refractivity contribution in [2.45, 2.75) is 58.5 Å². The van der Waals surface area contributed by atoms with E-state index in [0.29, 0.717) is 5.92 Å². The third kappa shape index (κ3) is 3.88. The van der Waals surface area contributed by atoms with Gasteiger partial charge in [-0.15, -0.1) is 0 Å². The number of rotatable bonds is 5. The molecular formula is C13H26F2N2. The number of nitrogens with one attached hydrogen (secondary N) is 1. The fraction of sp³-hybridized carbons (Fsp3) is 1.00. The molecule has 3 unspecified atom stereocenters. The number of nitrogens with zero attached hydrogens (tertiary/aromatic N) is 1. The summed E-state index contributed by atoms with van der Waals surface area (Å²) in [6, 6.07) is 0.244.